The smallest absolute Gasteiger partial charge is 0.323 e. The normalized spacial score (nSPS) is 15.2. The van der Waals surface area contributed by atoms with Gasteiger partial charge in [-0.25, -0.2) is 4.79 Å². The van der Waals surface area contributed by atoms with Gasteiger partial charge in [0.15, 0.2) is 0 Å². The fraction of sp³-hybridized carbons (Fsp3) is 0.440. The zero-order chi connectivity index (χ0) is 22.8. The maximum Gasteiger partial charge on any atom is 0.323 e. The molecule has 0 spiro atoms. The van der Waals surface area contributed by atoms with Gasteiger partial charge in [-0.2, -0.15) is 0 Å². The predicted octanol–water partition coefficient (Wildman–Crippen LogP) is 5.75. The van der Waals surface area contributed by atoms with E-state index in [1.165, 1.54) is 5.56 Å². The molecule has 0 aliphatic carbocycles. The van der Waals surface area contributed by atoms with Crippen molar-refractivity contribution in [2.24, 2.45) is 11.3 Å². The van der Waals surface area contributed by atoms with E-state index in [0.29, 0.717) is 36.2 Å². The molecule has 166 valence electrons. The van der Waals surface area contributed by atoms with E-state index in [1.807, 2.05) is 58.0 Å². The lowest BCUT2D eigenvalue weighted by atomic mass is 9.92. The van der Waals surface area contributed by atoms with Crippen LogP contribution in [-0.2, 0) is 4.79 Å². The molecule has 31 heavy (non-hydrogen) atoms. The molecule has 0 fully saturated rings. The maximum atomic E-state index is 13.2. The maximum absolute atomic E-state index is 13.2. The largest absolute Gasteiger partial charge is 0.490 e. The Morgan fingerprint density at radius 3 is 2.35 bits per heavy atom. The van der Waals surface area contributed by atoms with E-state index in [4.69, 9.17) is 4.74 Å². The van der Waals surface area contributed by atoms with Gasteiger partial charge >= 0.3 is 6.03 Å². The molecule has 3 amide bonds. The zero-order valence-electron chi connectivity index (χ0n) is 19.3. The SMILES string of the molecule is Cc1ccc(NC(=O)Nc2ccc3c(c2)N(CCC(C)C)C(=O)C(C)(C)CO3)cc1C. The Bertz CT molecular complexity index is 982. The molecule has 0 saturated carbocycles. The molecule has 1 aliphatic rings. The number of ether oxygens (including phenoxy) is 1. The van der Waals surface area contributed by atoms with Gasteiger partial charge in [0.1, 0.15) is 12.4 Å². The third-order valence-corrected chi connectivity index (χ3v) is 5.62. The number of urea groups is 1. The van der Waals surface area contributed by atoms with E-state index in [2.05, 4.69) is 24.5 Å². The minimum absolute atomic E-state index is 0.0311. The van der Waals surface area contributed by atoms with Gasteiger partial charge in [0.25, 0.3) is 0 Å². The number of carbonyl (C=O) groups excluding carboxylic acids is 2. The molecule has 1 aliphatic heterocycles. The molecule has 2 aromatic carbocycles. The number of nitrogens with one attached hydrogen (secondary N) is 2. The second kappa shape index (κ2) is 9.00. The molecule has 0 radical (unpaired) electrons. The van der Waals surface area contributed by atoms with Crippen LogP contribution < -0.4 is 20.3 Å². The highest BCUT2D eigenvalue weighted by Crippen LogP contribution is 2.38. The van der Waals surface area contributed by atoms with Gasteiger partial charge in [0, 0.05) is 17.9 Å². The molecule has 1 heterocycles. The number of rotatable bonds is 5. The Hall–Kier alpha value is -3.02. The molecular formula is C25H33N3O3. The molecular weight excluding hydrogens is 390 g/mol. The molecule has 0 saturated heterocycles. The summed E-state index contributed by atoms with van der Waals surface area (Å²) in [5.74, 6) is 1.15. The summed E-state index contributed by atoms with van der Waals surface area (Å²) in [6.07, 6.45) is 0.881. The van der Waals surface area contributed by atoms with Crippen LogP contribution in [0.3, 0.4) is 0 Å². The molecule has 0 aromatic heterocycles. The summed E-state index contributed by atoms with van der Waals surface area (Å²) in [4.78, 5) is 27.6. The Kier molecular flexibility index (Phi) is 6.58. The zero-order valence-corrected chi connectivity index (χ0v) is 19.3. The van der Waals surface area contributed by atoms with E-state index in [0.717, 1.165) is 17.7 Å². The van der Waals surface area contributed by atoms with Crippen LogP contribution in [0.25, 0.3) is 0 Å². The number of fused-ring (bicyclic) bond motifs is 1. The third-order valence-electron chi connectivity index (χ3n) is 5.62. The number of anilines is 3. The van der Waals surface area contributed by atoms with Gasteiger partial charge in [0.05, 0.1) is 11.1 Å². The van der Waals surface area contributed by atoms with Crippen molar-refractivity contribution in [2.75, 3.05) is 28.7 Å². The molecule has 2 N–H and O–H groups in total. The molecule has 2 aromatic rings. The third kappa shape index (κ3) is 5.37. The topological polar surface area (TPSA) is 70.7 Å². The lowest BCUT2D eigenvalue weighted by Crippen LogP contribution is -2.42. The van der Waals surface area contributed by atoms with E-state index in [1.54, 1.807) is 11.0 Å². The van der Waals surface area contributed by atoms with E-state index in [9.17, 15) is 9.59 Å². The van der Waals surface area contributed by atoms with Crippen LogP contribution in [0, 0.1) is 25.2 Å². The van der Waals surface area contributed by atoms with Gasteiger partial charge in [-0.1, -0.05) is 19.9 Å². The highest BCUT2D eigenvalue weighted by Gasteiger charge is 2.37. The van der Waals surface area contributed by atoms with Gasteiger partial charge in [-0.05, 0) is 81.5 Å². The van der Waals surface area contributed by atoms with Crippen LogP contribution in [0.15, 0.2) is 36.4 Å². The molecule has 3 rings (SSSR count). The first-order valence-corrected chi connectivity index (χ1v) is 10.8. The van der Waals surface area contributed by atoms with Crippen molar-refractivity contribution in [2.45, 2.75) is 48.0 Å². The number of hydrogen-bond donors (Lipinski definition) is 2. The van der Waals surface area contributed by atoms with Crippen molar-refractivity contribution in [3.05, 3.63) is 47.5 Å². The van der Waals surface area contributed by atoms with Crippen molar-refractivity contribution in [3.8, 4) is 5.75 Å². The Balaban J connectivity index is 1.83. The molecule has 0 bridgehead atoms. The minimum Gasteiger partial charge on any atom is -0.490 e. The number of carbonyl (C=O) groups is 2. The number of aryl methyl sites for hydroxylation is 2. The highest BCUT2D eigenvalue weighted by molar-refractivity contribution is 6.02. The summed E-state index contributed by atoms with van der Waals surface area (Å²) in [5.41, 5.74) is 3.69. The van der Waals surface area contributed by atoms with Crippen LogP contribution in [-0.4, -0.2) is 25.1 Å². The fourth-order valence-corrected chi connectivity index (χ4v) is 3.44. The fourth-order valence-electron chi connectivity index (χ4n) is 3.44. The number of nitrogens with zero attached hydrogens (tertiary/aromatic N) is 1. The minimum atomic E-state index is -0.621. The summed E-state index contributed by atoms with van der Waals surface area (Å²) in [7, 11) is 0. The van der Waals surface area contributed by atoms with Crippen LogP contribution in [0.5, 0.6) is 5.75 Å². The number of benzene rings is 2. The lowest BCUT2D eigenvalue weighted by molar-refractivity contribution is -0.127. The van der Waals surface area contributed by atoms with Crippen molar-refractivity contribution < 1.29 is 14.3 Å². The average Bonchev–Trinajstić information content (AvgIpc) is 2.78. The first-order chi connectivity index (χ1) is 14.6. The Morgan fingerprint density at radius 1 is 1.06 bits per heavy atom. The van der Waals surface area contributed by atoms with Crippen molar-refractivity contribution in [3.63, 3.8) is 0 Å². The van der Waals surface area contributed by atoms with Gasteiger partial charge < -0.3 is 20.3 Å². The van der Waals surface area contributed by atoms with E-state index in [-0.39, 0.29) is 11.9 Å². The molecule has 0 unspecified atom stereocenters. The van der Waals surface area contributed by atoms with E-state index >= 15 is 0 Å². The van der Waals surface area contributed by atoms with Crippen LogP contribution >= 0.6 is 0 Å². The Labute approximate surface area is 185 Å². The van der Waals surface area contributed by atoms with Gasteiger partial charge in [-0.3, -0.25) is 4.79 Å². The standard InChI is InChI=1S/C25H33N3O3/c1-16(2)11-12-28-21-14-20(9-10-22(21)31-15-25(5,6)23(28)29)27-24(30)26-19-8-7-17(3)18(4)13-19/h7-10,13-14,16H,11-12,15H2,1-6H3,(H2,26,27,30). The van der Waals surface area contributed by atoms with Crippen LogP contribution in [0.1, 0.15) is 45.2 Å². The average molecular weight is 424 g/mol. The van der Waals surface area contributed by atoms with Crippen LogP contribution in [0.4, 0.5) is 21.9 Å². The molecule has 0 atom stereocenters. The molecule has 6 heteroatoms. The highest BCUT2D eigenvalue weighted by atomic mass is 16.5. The Morgan fingerprint density at radius 2 is 1.71 bits per heavy atom. The summed E-state index contributed by atoms with van der Waals surface area (Å²) < 4.78 is 5.96. The summed E-state index contributed by atoms with van der Waals surface area (Å²) in [6.45, 7) is 13.0. The van der Waals surface area contributed by atoms with E-state index < -0.39 is 5.41 Å². The molecule has 6 nitrogen and oxygen atoms in total. The first kappa shape index (κ1) is 22.7. The number of hydrogen-bond acceptors (Lipinski definition) is 3. The summed E-state index contributed by atoms with van der Waals surface area (Å²) in [6, 6.07) is 10.9. The second-order valence-electron chi connectivity index (χ2n) is 9.37. The van der Waals surface area contributed by atoms with Crippen molar-refractivity contribution in [1.82, 2.24) is 0 Å². The van der Waals surface area contributed by atoms with Crippen molar-refractivity contribution >= 4 is 29.0 Å². The number of amides is 3. The van der Waals surface area contributed by atoms with Crippen molar-refractivity contribution in [1.29, 1.82) is 0 Å². The summed E-state index contributed by atoms with van der Waals surface area (Å²) >= 11 is 0. The van der Waals surface area contributed by atoms with Gasteiger partial charge in [-0.15, -0.1) is 0 Å². The monoisotopic (exact) mass is 423 g/mol. The lowest BCUT2D eigenvalue weighted by Gasteiger charge is -2.28. The van der Waals surface area contributed by atoms with Gasteiger partial charge in [0.2, 0.25) is 5.91 Å². The van der Waals surface area contributed by atoms with Crippen LogP contribution in [0.2, 0.25) is 0 Å². The first-order valence-electron chi connectivity index (χ1n) is 10.8. The second-order valence-corrected chi connectivity index (χ2v) is 9.37. The summed E-state index contributed by atoms with van der Waals surface area (Å²) in [5, 5.41) is 5.73. The predicted molar refractivity (Wildman–Crippen MR) is 126 cm³/mol. The quantitative estimate of drug-likeness (QED) is 0.644.